The highest BCUT2D eigenvalue weighted by molar-refractivity contribution is 5.89. The van der Waals surface area contributed by atoms with E-state index in [0.717, 1.165) is 19.4 Å². The fourth-order valence-corrected chi connectivity index (χ4v) is 3.73. The van der Waals surface area contributed by atoms with Gasteiger partial charge in [-0.05, 0) is 61.2 Å². The SMILES string of the molecule is CNC[C@H]1CCc2cc(C(=O)OC)ccc2[C@H]1c1ccccc1.Cl. The minimum atomic E-state index is -0.263. The van der Waals surface area contributed by atoms with Crippen molar-refractivity contribution in [1.29, 1.82) is 0 Å². The highest BCUT2D eigenvalue weighted by Crippen LogP contribution is 2.40. The number of hydrogen-bond acceptors (Lipinski definition) is 3. The number of nitrogens with one attached hydrogen (secondary N) is 1. The highest BCUT2D eigenvalue weighted by Gasteiger charge is 2.30. The van der Waals surface area contributed by atoms with Crippen molar-refractivity contribution in [2.24, 2.45) is 5.92 Å². The molecule has 0 spiro atoms. The Morgan fingerprint density at radius 3 is 2.62 bits per heavy atom. The topological polar surface area (TPSA) is 38.3 Å². The lowest BCUT2D eigenvalue weighted by atomic mass is 9.71. The molecule has 0 aliphatic heterocycles. The zero-order valence-corrected chi connectivity index (χ0v) is 14.9. The molecular formula is C20H24ClNO2. The molecule has 0 amide bonds. The summed E-state index contributed by atoms with van der Waals surface area (Å²) in [7, 11) is 3.44. The fourth-order valence-electron chi connectivity index (χ4n) is 3.73. The predicted octanol–water partition coefficient (Wildman–Crippen LogP) is 3.81. The maximum atomic E-state index is 11.8. The molecule has 0 saturated heterocycles. The number of aryl methyl sites for hydroxylation is 1. The van der Waals surface area contributed by atoms with E-state index in [2.05, 4.69) is 41.7 Å². The first kappa shape index (κ1) is 18.5. The normalized spacial score (nSPS) is 19.1. The molecule has 2 aromatic carbocycles. The van der Waals surface area contributed by atoms with Gasteiger partial charge in [0.05, 0.1) is 12.7 Å². The molecule has 0 heterocycles. The number of methoxy groups -OCH3 is 1. The van der Waals surface area contributed by atoms with Crippen molar-refractivity contribution < 1.29 is 9.53 Å². The van der Waals surface area contributed by atoms with Crippen molar-refractivity contribution in [3.63, 3.8) is 0 Å². The number of hydrogen-bond donors (Lipinski definition) is 1. The third-order valence-electron chi connectivity index (χ3n) is 4.78. The third kappa shape index (κ3) is 3.63. The Hall–Kier alpha value is -1.84. The molecule has 0 saturated carbocycles. The molecule has 3 rings (SSSR count). The van der Waals surface area contributed by atoms with Crippen LogP contribution in [-0.4, -0.2) is 26.7 Å². The second kappa shape index (κ2) is 8.32. The first-order valence-corrected chi connectivity index (χ1v) is 8.15. The van der Waals surface area contributed by atoms with Gasteiger partial charge in [0.25, 0.3) is 0 Å². The summed E-state index contributed by atoms with van der Waals surface area (Å²) in [6.07, 6.45) is 2.13. The second-order valence-corrected chi connectivity index (χ2v) is 6.15. The van der Waals surface area contributed by atoms with Crippen molar-refractivity contribution in [3.8, 4) is 0 Å². The van der Waals surface area contributed by atoms with Gasteiger partial charge in [-0.2, -0.15) is 0 Å². The Bertz CT molecular complexity index is 687. The Kier molecular flexibility index (Phi) is 6.41. The van der Waals surface area contributed by atoms with E-state index in [0.29, 0.717) is 17.4 Å². The van der Waals surface area contributed by atoms with Crippen LogP contribution in [0.25, 0.3) is 0 Å². The quantitative estimate of drug-likeness (QED) is 0.856. The van der Waals surface area contributed by atoms with E-state index >= 15 is 0 Å². The van der Waals surface area contributed by atoms with Crippen LogP contribution in [0.2, 0.25) is 0 Å². The molecule has 2 aromatic rings. The van der Waals surface area contributed by atoms with Crippen molar-refractivity contribution in [1.82, 2.24) is 5.32 Å². The summed E-state index contributed by atoms with van der Waals surface area (Å²) in [5.74, 6) is 0.680. The van der Waals surface area contributed by atoms with Gasteiger partial charge in [0.1, 0.15) is 0 Å². The molecule has 0 aromatic heterocycles. The van der Waals surface area contributed by atoms with Gasteiger partial charge in [-0.25, -0.2) is 4.79 Å². The maximum Gasteiger partial charge on any atom is 0.337 e. The first-order valence-electron chi connectivity index (χ1n) is 8.15. The molecule has 0 radical (unpaired) electrons. The third-order valence-corrected chi connectivity index (χ3v) is 4.78. The summed E-state index contributed by atoms with van der Waals surface area (Å²) in [6.45, 7) is 0.998. The molecular weight excluding hydrogens is 322 g/mol. The molecule has 24 heavy (non-hydrogen) atoms. The van der Waals surface area contributed by atoms with Crippen LogP contribution < -0.4 is 5.32 Å². The van der Waals surface area contributed by atoms with Crippen LogP contribution in [0.1, 0.15) is 39.4 Å². The molecule has 0 fully saturated rings. The lowest BCUT2D eigenvalue weighted by Gasteiger charge is -2.34. The number of rotatable bonds is 4. The summed E-state index contributed by atoms with van der Waals surface area (Å²) < 4.78 is 4.85. The molecule has 2 atom stereocenters. The Labute approximate surface area is 149 Å². The molecule has 128 valence electrons. The van der Waals surface area contributed by atoms with Crippen molar-refractivity contribution in [2.45, 2.75) is 18.8 Å². The van der Waals surface area contributed by atoms with E-state index in [4.69, 9.17) is 4.74 Å². The van der Waals surface area contributed by atoms with Crippen molar-refractivity contribution in [3.05, 3.63) is 70.8 Å². The van der Waals surface area contributed by atoms with Crippen molar-refractivity contribution in [2.75, 3.05) is 20.7 Å². The number of fused-ring (bicyclic) bond motifs is 1. The molecule has 1 aliphatic carbocycles. The van der Waals surface area contributed by atoms with Crippen LogP contribution in [-0.2, 0) is 11.2 Å². The summed E-state index contributed by atoms with van der Waals surface area (Å²) >= 11 is 0. The van der Waals surface area contributed by atoms with E-state index in [9.17, 15) is 4.79 Å². The summed E-state index contributed by atoms with van der Waals surface area (Å²) in [4.78, 5) is 11.8. The molecule has 3 nitrogen and oxygen atoms in total. The van der Waals surface area contributed by atoms with Gasteiger partial charge in [0, 0.05) is 5.92 Å². The number of ether oxygens (including phenoxy) is 1. The predicted molar refractivity (Wildman–Crippen MR) is 99.1 cm³/mol. The van der Waals surface area contributed by atoms with Gasteiger partial charge < -0.3 is 10.1 Å². The minimum absolute atomic E-state index is 0. The van der Waals surface area contributed by atoms with Gasteiger partial charge in [0.15, 0.2) is 0 Å². The molecule has 0 bridgehead atoms. The number of halogens is 1. The summed E-state index contributed by atoms with van der Waals surface area (Å²) in [5.41, 5.74) is 4.61. The van der Waals surface area contributed by atoms with Gasteiger partial charge in [0.2, 0.25) is 0 Å². The van der Waals surface area contributed by atoms with Crippen LogP contribution in [0.3, 0.4) is 0 Å². The van der Waals surface area contributed by atoms with Crippen molar-refractivity contribution >= 4 is 18.4 Å². The van der Waals surface area contributed by atoms with E-state index < -0.39 is 0 Å². The zero-order chi connectivity index (χ0) is 16.2. The molecule has 4 heteroatoms. The minimum Gasteiger partial charge on any atom is -0.465 e. The number of carbonyl (C=O) groups excluding carboxylic acids is 1. The van der Waals surface area contributed by atoms with E-state index in [1.54, 1.807) is 0 Å². The molecule has 1 aliphatic rings. The lowest BCUT2D eigenvalue weighted by molar-refractivity contribution is 0.0600. The van der Waals surface area contributed by atoms with E-state index in [-0.39, 0.29) is 18.4 Å². The van der Waals surface area contributed by atoms with Gasteiger partial charge in [-0.1, -0.05) is 36.4 Å². The zero-order valence-electron chi connectivity index (χ0n) is 14.1. The molecule has 1 N–H and O–H groups in total. The molecule has 0 unspecified atom stereocenters. The van der Waals surface area contributed by atoms with Gasteiger partial charge >= 0.3 is 5.97 Å². The van der Waals surface area contributed by atoms with Gasteiger partial charge in [-0.3, -0.25) is 0 Å². The maximum absolute atomic E-state index is 11.8. The summed E-state index contributed by atoms with van der Waals surface area (Å²) in [6, 6.07) is 16.7. The Balaban J connectivity index is 0.00000208. The monoisotopic (exact) mass is 345 g/mol. The number of carbonyl (C=O) groups is 1. The lowest BCUT2D eigenvalue weighted by Crippen LogP contribution is -2.30. The van der Waals surface area contributed by atoms with Crippen LogP contribution in [0.5, 0.6) is 0 Å². The largest absolute Gasteiger partial charge is 0.465 e. The van der Waals surface area contributed by atoms with Crippen LogP contribution in [0.15, 0.2) is 48.5 Å². The second-order valence-electron chi connectivity index (χ2n) is 6.15. The van der Waals surface area contributed by atoms with Crippen LogP contribution in [0, 0.1) is 5.92 Å². The first-order chi connectivity index (χ1) is 11.2. The van der Waals surface area contributed by atoms with Crippen LogP contribution in [0.4, 0.5) is 0 Å². The van der Waals surface area contributed by atoms with Gasteiger partial charge in [-0.15, -0.1) is 12.4 Å². The smallest absolute Gasteiger partial charge is 0.337 e. The average Bonchev–Trinajstić information content (AvgIpc) is 2.61. The number of esters is 1. The van der Waals surface area contributed by atoms with Crippen LogP contribution >= 0.6 is 12.4 Å². The Morgan fingerprint density at radius 1 is 1.21 bits per heavy atom. The Morgan fingerprint density at radius 2 is 1.96 bits per heavy atom. The average molecular weight is 346 g/mol. The van der Waals surface area contributed by atoms with E-state index in [1.165, 1.54) is 23.8 Å². The fraction of sp³-hybridized carbons (Fsp3) is 0.350. The standard InChI is InChI=1S/C20H23NO2.ClH/c1-21-13-17-9-8-15-12-16(20(22)23-2)10-11-18(15)19(17)14-6-4-3-5-7-14;/h3-7,10-12,17,19,21H,8-9,13H2,1-2H3;1H/t17-,19+;/m1./s1. The summed E-state index contributed by atoms with van der Waals surface area (Å²) in [5, 5.41) is 3.33. The highest BCUT2D eigenvalue weighted by atomic mass is 35.5. The van der Waals surface area contributed by atoms with E-state index in [1.807, 2.05) is 19.2 Å². The number of benzene rings is 2.